The van der Waals surface area contributed by atoms with Crippen LogP contribution in [0, 0.1) is 0 Å². The van der Waals surface area contributed by atoms with Crippen molar-refractivity contribution in [3.8, 4) is 5.88 Å². The summed E-state index contributed by atoms with van der Waals surface area (Å²) >= 11 is 0. The molecule has 28 heavy (non-hydrogen) atoms. The molecule has 0 aliphatic carbocycles. The molecule has 3 N–H and O–H groups in total. The van der Waals surface area contributed by atoms with Gasteiger partial charge in [0.1, 0.15) is 0 Å². The smallest absolute Gasteiger partial charge is 0.422 e. The summed E-state index contributed by atoms with van der Waals surface area (Å²) in [6.07, 6.45) is -0.0306. The van der Waals surface area contributed by atoms with Gasteiger partial charge in [0.2, 0.25) is 5.88 Å². The van der Waals surface area contributed by atoms with E-state index >= 15 is 0 Å². The van der Waals surface area contributed by atoms with Crippen LogP contribution in [0.1, 0.15) is 49.7 Å². The van der Waals surface area contributed by atoms with Crippen molar-refractivity contribution < 1.29 is 22.7 Å². The Hall–Kier alpha value is -2.68. The topological polar surface area (TPSA) is 90.1 Å². The van der Waals surface area contributed by atoms with Gasteiger partial charge in [-0.25, -0.2) is 4.98 Å². The highest BCUT2D eigenvalue weighted by Crippen LogP contribution is 2.19. The van der Waals surface area contributed by atoms with Gasteiger partial charge in [0.15, 0.2) is 6.61 Å². The normalized spacial score (nSPS) is 12.4. The zero-order valence-electron chi connectivity index (χ0n) is 16.2. The molecule has 0 aliphatic rings. The Bertz CT molecular complexity index is 724. The second kappa shape index (κ2) is 10.0. The molecule has 0 saturated carbocycles. The Kier molecular flexibility index (Phi) is 8.36. The lowest BCUT2D eigenvalue weighted by atomic mass is 10.1. The molecule has 1 atom stereocenters. The van der Waals surface area contributed by atoms with E-state index in [1.165, 1.54) is 24.7 Å². The number of carbonyl (C=O) groups excluding carboxylic acids is 1. The number of nitrogens with zero attached hydrogens (tertiary/aromatic N) is 2. The highest BCUT2D eigenvalue weighted by molar-refractivity contribution is 5.94. The number of aromatic nitrogens is 2. The first-order valence-corrected chi connectivity index (χ1v) is 8.50. The Morgan fingerprint density at radius 3 is 2.21 bits per heavy atom. The minimum atomic E-state index is -4.41. The minimum Gasteiger partial charge on any atom is -0.468 e. The first kappa shape index (κ1) is 23.4. The first-order valence-electron chi connectivity index (χ1n) is 8.50. The molecule has 0 saturated heterocycles. The van der Waals surface area contributed by atoms with Gasteiger partial charge in [-0.1, -0.05) is 6.07 Å². The van der Waals surface area contributed by atoms with Gasteiger partial charge in [-0.3, -0.25) is 9.78 Å². The summed E-state index contributed by atoms with van der Waals surface area (Å²) in [7, 11) is 0. The molecule has 2 aromatic heterocycles. The van der Waals surface area contributed by atoms with Crippen LogP contribution < -0.4 is 15.8 Å². The van der Waals surface area contributed by atoms with Crippen LogP contribution in [0.25, 0.3) is 0 Å². The molecule has 0 fully saturated rings. The van der Waals surface area contributed by atoms with E-state index in [9.17, 15) is 18.0 Å². The molecule has 0 radical (unpaired) electrons. The summed E-state index contributed by atoms with van der Waals surface area (Å²) in [4.78, 5) is 19.6. The van der Waals surface area contributed by atoms with Crippen LogP contribution in [0.4, 0.5) is 13.2 Å². The maximum absolute atomic E-state index is 12.0. The highest BCUT2D eigenvalue weighted by Gasteiger charge is 2.28. The summed E-state index contributed by atoms with van der Waals surface area (Å²) in [5.74, 6) is -0.406. The van der Waals surface area contributed by atoms with Crippen molar-refractivity contribution >= 4 is 5.91 Å². The van der Waals surface area contributed by atoms with Gasteiger partial charge in [0, 0.05) is 35.8 Å². The predicted octanol–water partition coefficient (Wildman–Crippen LogP) is 3.65. The zero-order valence-corrected chi connectivity index (χ0v) is 16.2. The van der Waals surface area contributed by atoms with Crippen LogP contribution >= 0.6 is 0 Å². The lowest BCUT2D eigenvalue weighted by Crippen LogP contribution is -2.26. The molecule has 0 spiro atoms. The Morgan fingerprint density at radius 2 is 1.75 bits per heavy atom. The number of nitrogens with one attached hydrogen (secondary N) is 1. The molecular formula is C19H25F3N4O2. The number of amides is 1. The summed E-state index contributed by atoms with van der Waals surface area (Å²) in [5, 5.41) is 2.76. The Balaban J connectivity index is 0.000000696. The number of hydrogen-bond donors (Lipinski definition) is 2. The quantitative estimate of drug-likeness (QED) is 0.802. The SMILES string of the molecule is CC(C)(C)N.CC(NC(=O)c1ccncc1)c1ccc(OCC(F)(F)F)nc1. The summed E-state index contributed by atoms with van der Waals surface area (Å²) in [6, 6.07) is 5.68. The van der Waals surface area contributed by atoms with Crippen molar-refractivity contribution in [1.29, 1.82) is 0 Å². The van der Waals surface area contributed by atoms with E-state index in [1.54, 1.807) is 25.1 Å². The molecule has 9 heteroatoms. The molecule has 0 aliphatic heterocycles. The maximum atomic E-state index is 12.0. The van der Waals surface area contributed by atoms with Crippen LogP contribution in [0.2, 0.25) is 0 Å². The summed E-state index contributed by atoms with van der Waals surface area (Å²) < 4.78 is 40.7. The number of nitrogens with two attached hydrogens (primary N) is 1. The van der Waals surface area contributed by atoms with Crippen LogP contribution in [0.5, 0.6) is 5.88 Å². The van der Waals surface area contributed by atoms with E-state index < -0.39 is 12.8 Å². The average molecular weight is 398 g/mol. The Labute approximate surface area is 162 Å². The number of rotatable bonds is 5. The van der Waals surface area contributed by atoms with Gasteiger partial charge in [-0.05, 0) is 45.4 Å². The predicted molar refractivity (Wildman–Crippen MR) is 99.8 cm³/mol. The van der Waals surface area contributed by atoms with E-state index in [0.29, 0.717) is 11.1 Å². The third kappa shape index (κ3) is 10.5. The van der Waals surface area contributed by atoms with Gasteiger partial charge in [0.25, 0.3) is 5.91 Å². The van der Waals surface area contributed by atoms with Gasteiger partial charge >= 0.3 is 6.18 Å². The van der Waals surface area contributed by atoms with Crippen molar-refractivity contribution in [1.82, 2.24) is 15.3 Å². The van der Waals surface area contributed by atoms with E-state index in [-0.39, 0.29) is 23.4 Å². The third-order valence-corrected chi connectivity index (χ3v) is 2.93. The number of pyridine rings is 2. The minimum absolute atomic E-state index is 0. The van der Waals surface area contributed by atoms with Gasteiger partial charge in [-0.2, -0.15) is 13.2 Å². The molecule has 154 valence electrons. The molecule has 6 nitrogen and oxygen atoms in total. The zero-order chi connectivity index (χ0) is 21.4. The lowest BCUT2D eigenvalue weighted by Gasteiger charge is -2.14. The van der Waals surface area contributed by atoms with Crippen molar-refractivity contribution in [3.63, 3.8) is 0 Å². The standard InChI is InChI=1S/C15H14F3N3O2.C4H11N/c1-10(21-14(22)11-4-6-19-7-5-11)12-2-3-13(20-8-12)23-9-15(16,17)18;1-4(2,3)5/h2-8,10H,9H2,1H3,(H,21,22);5H2,1-3H3. The molecule has 1 unspecified atom stereocenters. The highest BCUT2D eigenvalue weighted by atomic mass is 19.4. The second-order valence-electron chi connectivity index (χ2n) is 7.13. The molecule has 1 amide bonds. The van der Waals surface area contributed by atoms with Crippen LogP contribution in [0.3, 0.4) is 0 Å². The maximum Gasteiger partial charge on any atom is 0.422 e. The van der Waals surface area contributed by atoms with Gasteiger partial charge < -0.3 is 15.8 Å². The summed E-state index contributed by atoms with van der Waals surface area (Å²) in [6.45, 7) is 6.24. The van der Waals surface area contributed by atoms with Gasteiger partial charge in [-0.15, -0.1) is 0 Å². The molecule has 0 aromatic carbocycles. The second-order valence-corrected chi connectivity index (χ2v) is 7.13. The molecular weight excluding hydrogens is 373 g/mol. The number of alkyl halides is 3. The fourth-order valence-electron chi connectivity index (χ4n) is 1.76. The third-order valence-electron chi connectivity index (χ3n) is 2.93. The monoisotopic (exact) mass is 398 g/mol. The van der Waals surface area contributed by atoms with Crippen LogP contribution in [0.15, 0.2) is 42.9 Å². The summed E-state index contributed by atoms with van der Waals surface area (Å²) in [5.41, 5.74) is 6.46. The number of hydrogen-bond acceptors (Lipinski definition) is 5. The van der Waals surface area contributed by atoms with Crippen LogP contribution in [-0.4, -0.2) is 34.2 Å². The fraction of sp³-hybridized carbons (Fsp3) is 0.421. The van der Waals surface area contributed by atoms with Gasteiger partial charge in [0.05, 0.1) is 6.04 Å². The lowest BCUT2D eigenvalue weighted by molar-refractivity contribution is -0.154. The number of halogens is 3. The molecule has 2 aromatic rings. The first-order chi connectivity index (χ1) is 12.8. The number of carbonyl (C=O) groups is 1. The Morgan fingerprint density at radius 1 is 1.18 bits per heavy atom. The van der Waals surface area contributed by atoms with Crippen molar-refractivity contribution in [2.75, 3.05) is 6.61 Å². The molecule has 2 rings (SSSR count). The van der Waals surface area contributed by atoms with E-state index in [4.69, 9.17) is 5.73 Å². The average Bonchev–Trinajstić information content (AvgIpc) is 2.59. The number of ether oxygens (including phenoxy) is 1. The fourth-order valence-corrected chi connectivity index (χ4v) is 1.76. The van der Waals surface area contributed by atoms with Crippen LogP contribution in [-0.2, 0) is 0 Å². The van der Waals surface area contributed by atoms with E-state index in [2.05, 4.69) is 20.0 Å². The van der Waals surface area contributed by atoms with Crippen molar-refractivity contribution in [2.24, 2.45) is 5.73 Å². The van der Waals surface area contributed by atoms with E-state index in [1.807, 2.05) is 20.8 Å². The molecule has 2 heterocycles. The van der Waals surface area contributed by atoms with E-state index in [0.717, 1.165) is 0 Å². The molecule has 0 bridgehead atoms. The van der Waals surface area contributed by atoms with Crippen molar-refractivity contribution in [3.05, 3.63) is 54.0 Å². The largest absolute Gasteiger partial charge is 0.468 e. The van der Waals surface area contributed by atoms with Crippen molar-refractivity contribution in [2.45, 2.75) is 45.5 Å².